The molecular weight excluding hydrogens is 674 g/mol. The third kappa shape index (κ3) is 6.05. The standard InChI is InChI=1S/2C14H17O.C2H6Si.2ClH.2Zr/c2*1-3-6-13(15)14-10(2)9-11-7-4-5-8-12(11)14;1-3-2;;;;/h2*4-5,7-9,13,15H,3,6H2,1-2H3;1-2H3;2*1H;;. The second kappa shape index (κ2) is 13.4. The minimum atomic E-state index is -1.64. The predicted molar refractivity (Wildman–Crippen MR) is 157 cm³/mol. The number of hydrogen-bond donors (Lipinski definition) is 2. The van der Waals surface area contributed by atoms with Crippen molar-refractivity contribution >= 4 is 39.3 Å². The summed E-state index contributed by atoms with van der Waals surface area (Å²) in [5, 5.41) is 23.6. The van der Waals surface area contributed by atoms with E-state index in [-0.39, 0.29) is 43.3 Å². The van der Waals surface area contributed by atoms with Crippen LogP contribution in [0.25, 0.3) is 12.2 Å². The van der Waals surface area contributed by atoms with Gasteiger partial charge >= 0.3 is 236 Å². The van der Waals surface area contributed by atoms with Crippen molar-refractivity contribution in [2.45, 2.75) is 84.9 Å². The maximum absolute atomic E-state index is 11.8. The van der Waals surface area contributed by atoms with Crippen molar-refractivity contribution in [2.75, 3.05) is 0 Å². The molecule has 4 unspecified atom stereocenters. The Morgan fingerprint density at radius 3 is 1.41 bits per heavy atom. The van der Waals surface area contributed by atoms with Gasteiger partial charge in [0.25, 0.3) is 0 Å². The third-order valence-electron chi connectivity index (χ3n) is 7.90. The van der Waals surface area contributed by atoms with Crippen molar-refractivity contribution in [3.05, 3.63) is 81.9 Å². The molecule has 2 aliphatic carbocycles. The Morgan fingerprint density at radius 1 is 0.703 bits per heavy atom. The molecule has 0 saturated heterocycles. The zero-order valence-corrected chi connectivity index (χ0v) is 30.5. The van der Waals surface area contributed by atoms with Crippen LogP contribution in [0.2, 0.25) is 13.1 Å². The van der Waals surface area contributed by atoms with Gasteiger partial charge < -0.3 is 0 Å². The first-order valence-corrected chi connectivity index (χ1v) is 26.0. The number of rotatable bonds is 10. The summed E-state index contributed by atoms with van der Waals surface area (Å²) in [7, 11) is 0. The molecule has 0 aromatic heterocycles. The SMILES string of the molecule is CCCC(O)[C]1([Zr][Si](C)(C)[Zr][C]2(C(O)CCC)C(C)=Cc3ccccc32)C(C)=Cc2ccccc21.Cl.Cl. The molecule has 200 valence electrons. The summed E-state index contributed by atoms with van der Waals surface area (Å²) >= 11 is -2.18. The molecular formula is C30H42Cl2O2SiZr2. The second-order valence-electron chi connectivity index (χ2n) is 10.9. The van der Waals surface area contributed by atoms with Gasteiger partial charge in [0, 0.05) is 0 Å². The van der Waals surface area contributed by atoms with Crippen LogP contribution >= 0.6 is 24.8 Å². The topological polar surface area (TPSA) is 40.5 Å². The van der Waals surface area contributed by atoms with Gasteiger partial charge in [0.1, 0.15) is 0 Å². The molecule has 37 heavy (non-hydrogen) atoms. The van der Waals surface area contributed by atoms with Crippen molar-refractivity contribution in [1.82, 2.24) is 0 Å². The summed E-state index contributed by atoms with van der Waals surface area (Å²) in [4.78, 5) is 0. The Morgan fingerprint density at radius 2 is 1.05 bits per heavy atom. The molecule has 0 heterocycles. The van der Waals surface area contributed by atoms with Gasteiger partial charge in [-0.1, -0.05) is 0 Å². The van der Waals surface area contributed by atoms with Gasteiger partial charge in [-0.25, -0.2) is 0 Å². The Labute approximate surface area is 258 Å². The molecule has 2 aromatic carbocycles. The molecule has 7 heteroatoms. The van der Waals surface area contributed by atoms with Crippen LogP contribution in [0.3, 0.4) is 0 Å². The summed E-state index contributed by atoms with van der Waals surface area (Å²) in [6, 6.07) is 17.7. The van der Waals surface area contributed by atoms with Crippen molar-refractivity contribution in [3.63, 3.8) is 0 Å². The molecule has 0 spiro atoms. The third-order valence-corrected chi connectivity index (χ3v) is 40.8. The molecule has 2 N–H and O–H groups in total. The normalized spacial score (nSPS) is 23.5. The summed E-state index contributed by atoms with van der Waals surface area (Å²) in [6.07, 6.45) is 7.87. The summed E-state index contributed by atoms with van der Waals surface area (Å²) in [6.45, 7) is 14.2. The molecule has 2 aliphatic rings. The first kappa shape index (κ1) is 33.6. The molecule has 0 bridgehead atoms. The Kier molecular flexibility index (Phi) is 12.2. The van der Waals surface area contributed by atoms with Crippen LogP contribution in [0.15, 0.2) is 59.7 Å². The molecule has 0 saturated carbocycles. The number of halogens is 2. The fourth-order valence-electron chi connectivity index (χ4n) is 6.46. The van der Waals surface area contributed by atoms with E-state index in [0.717, 1.165) is 25.7 Å². The van der Waals surface area contributed by atoms with E-state index in [1.807, 2.05) is 0 Å². The number of aliphatic hydroxyl groups excluding tert-OH is 2. The molecule has 2 nitrogen and oxygen atoms in total. The number of aliphatic hydroxyl groups is 2. The Balaban J connectivity index is 0.00000241. The maximum atomic E-state index is 11.8. The molecule has 4 atom stereocenters. The largest absolute Gasteiger partial charge is 0.147 e. The monoisotopic (exact) mass is 712 g/mol. The van der Waals surface area contributed by atoms with Crippen molar-refractivity contribution in [1.29, 1.82) is 0 Å². The number of fused-ring (bicyclic) bond motifs is 2. The van der Waals surface area contributed by atoms with Crippen molar-refractivity contribution < 1.29 is 55.0 Å². The van der Waals surface area contributed by atoms with Gasteiger partial charge in [0.15, 0.2) is 0 Å². The number of hydrogen-bond acceptors (Lipinski definition) is 2. The van der Waals surface area contributed by atoms with Crippen LogP contribution in [-0.2, 0) is 51.0 Å². The van der Waals surface area contributed by atoms with Crippen LogP contribution in [0.5, 0.6) is 0 Å². The van der Waals surface area contributed by atoms with E-state index in [0.29, 0.717) is 0 Å². The fourth-order valence-corrected chi connectivity index (χ4v) is 54.0. The van der Waals surface area contributed by atoms with Crippen LogP contribution < -0.4 is 0 Å². The molecule has 0 amide bonds. The van der Waals surface area contributed by atoms with E-state index in [1.165, 1.54) is 33.4 Å². The van der Waals surface area contributed by atoms with Crippen LogP contribution in [0.1, 0.15) is 75.6 Å². The first-order chi connectivity index (χ1) is 16.6. The molecule has 4 rings (SSSR count). The molecule has 0 fully saturated rings. The molecule has 0 radical (unpaired) electrons. The van der Waals surface area contributed by atoms with E-state index >= 15 is 0 Å². The van der Waals surface area contributed by atoms with Crippen LogP contribution in [-0.4, -0.2) is 24.7 Å². The van der Waals surface area contributed by atoms with Crippen molar-refractivity contribution in [3.8, 4) is 0 Å². The maximum Gasteiger partial charge on any atom is -0.147 e. The summed E-state index contributed by atoms with van der Waals surface area (Å²) in [5.41, 5.74) is 8.22. The quantitative estimate of drug-likeness (QED) is 0.249. The minimum Gasteiger partial charge on any atom is -0.147 e. The van der Waals surface area contributed by atoms with Gasteiger partial charge in [0.05, 0.1) is 0 Å². The Bertz CT molecular complexity index is 1060. The average molecular weight is 716 g/mol. The van der Waals surface area contributed by atoms with E-state index in [4.69, 9.17) is 0 Å². The van der Waals surface area contributed by atoms with Crippen molar-refractivity contribution in [2.24, 2.45) is 0 Å². The van der Waals surface area contributed by atoms with Crippen LogP contribution in [0.4, 0.5) is 0 Å². The van der Waals surface area contributed by atoms with Crippen LogP contribution in [0, 0.1) is 0 Å². The second-order valence-corrected chi connectivity index (χ2v) is 49.7. The smallest absolute Gasteiger partial charge is 0.147 e. The first-order valence-electron chi connectivity index (χ1n) is 13.1. The number of benzene rings is 2. The Hall–Kier alpha value is 0.403. The van der Waals surface area contributed by atoms with Gasteiger partial charge in [-0.15, -0.1) is 24.8 Å². The molecule has 2 aromatic rings. The summed E-state index contributed by atoms with van der Waals surface area (Å²) < 4.78 is -1.90. The van der Waals surface area contributed by atoms with E-state index in [9.17, 15) is 10.2 Å². The van der Waals surface area contributed by atoms with Gasteiger partial charge in [-0.3, -0.25) is 0 Å². The van der Waals surface area contributed by atoms with E-state index in [1.54, 1.807) is 0 Å². The van der Waals surface area contributed by atoms with E-state index in [2.05, 4.69) is 101 Å². The molecule has 0 aliphatic heterocycles. The minimum absolute atomic E-state index is 0. The fraction of sp³-hybridized carbons (Fsp3) is 0.467. The van der Waals surface area contributed by atoms with Gasteiger partial charge in [-0.05, 0) is 0 Å². The van der Waals surface area contributed by atoms with E-state index < -0.39 is 47.1 Å². The zero-order valence-electron chi connectivity index (χ0n) is 23.0. The average Bonchev–Trinajstić information content (AvgIpc) is 3.25. The predicted octanol–water partition coefficient (Wildman–Crippen LogP) is 7.64. The summed E-state index contributed by atoms with van der Waals surface area (Å²) in [5.74, 6) is 0. The zero-order chi connectivity index (χ0) is 25.4. The van der Waals surface area contributed by atoms with Gasteiger partial charge in [0.2, 0.25) is 0 Å². The van der Waals surface area contributed by atoms with Gasteiger partial charge in [-0.2, -0.15) is 0 Å².